The average molecular weight is 306 g/mol. The molecule has 6 nitrogen and oxygen atoms in total. The molecule has 0 saturated heterocycles. The van der Waals surface area contributed by atoms with E-state index in [1.807, 2.05) is 12.1 Å². The highest BCUT2D eigenvalue weighted by Crippen LogP contribution is 2.18. The normalized spacial score (nSPS) is 10.3. The number of benzene rings is 2. The third kappa shape index (κ3) is 3.44. The summed E-state index contributed by atoms with van der Waals surface area (Å²) in [6.45, 7) is 0. The van der Waals surface area contributed by atoms with Crippen molar-refractivity contribution in [3.63, 3.8) is 0 Å². The lowest BCUT2D eigenvalue weighted by molar-refractivity contribution is 0.102. The lowest BCUT2D eigenvalue weighted by Crippen LogP contribution is -2.11. The van der Waals surface area contributed by atoms with Crippen LogP contribution in [-0.4, -0.2) is 15.9 Å². The number of aromatic amines is 1. The lowest BCUT2D eigenvalue weighted by Gasteiger charge is -2.07. The van der Waals surface area contributed by atoms with Crippen LogP contribution < -0.4 is 16.6 Å². The lowest BCUT2D eigenvalue weighted by atomic mass is 10.1. The van der Waals surface area contributed by atoms with Crippen molar-refractivity contribution in [3.05, 3.63) is 76.8 Å². The smallest absolute Gasteiger partial charge is 0.266 e. The SMILES string of the molecule is Nc1ccc(C(=O)Nc2ccc(-c3c[nH]c(=O)cn3)cc2)cc1. The fraction of sp³-hybridized carbons (Fsp3) is 0. The van der Waals surface area contributed by atoms with Crippen LogP contribution in [0.15, 0.2) is 65.7 Å². The number of amides is 1. The molecule has 3 aromatic rings. The molecule has 6 heteroatoms. The molecule has 4 N–H and O–H groups in total. The summed E-state index contributed by atoms with van der Waals surface area (Å²) in [5.41, 5.74) is 8.66. The summed E-state index contributed by atoms with van der Waals surface area (Å²) in [6, 6.07) is 13.9. The molecule has 0 aliphatic carbocycles. The topological polar surface area (TPSA) is 101 Å². The van der Waals surface area contributed by atoms with Crippen molar-refractivity contribution >= 4 is 17.3 Å². The number of anilines is 2. The first-order valence-corrected chi connectivity index (χ1v) is 6.94. The maximum atomic E-state index is 12.1. The van der Waals surface area contributed by atoms with Gasteiger partial charge in [0.05, 0.1) is 11.9 Å². The summed E-state index contributed by atoms with van der Waals surface area (Å²) in [5, 5.41) is 2.81. The molecule has 0 atom stereocenters. The first-order valence-electron chi connectivity index (χ1n) is 6.94. The van der Waals surface area contributed by atoms with E-state index in [2.05, 4.69) is 15.3 Å². The molecule has 0 fully saturated rings. The summed E-state index contributed by atoms with van der Waals surface area (Å²) in [5.74, 6) is -0.208. The number of nitrogens with one attached hydrogen (secondary N) is 2. The zero-order valence-electron chi connectivity index (χ0n) is 12.1. The molecule has 0 radical (unpaired) electrons. The van der Waals surface area contributed by atoms with Crippen LogP contribution >= 0.6 is 0 Å². The van der Waals surface area contributed by atoms with Crippen LogP contribution in [0.1, 0.15) is 10.4 Å². The molecule has 1 aromatic heterocycles. The predicted octanol–water partition coefficient (Wildman–Crippen LogP) is 2.27. The van der Waals surface area contributed by atoms with E-state index in [0.29, 0.717) is 22.6 Å². The summed E-state index contributed by atoms with van der Waals surface area (Å²) in [6.07, 6.45) is 2.77. The van der Waals surface area contributed by atoms with E-state index < -0.39 is 0 Å². The van der Waals surface area contributed by atoms with Gasteiger partial charge in [0.25, 0.3) is 11.5 Å². The molecule has 3 rings (SSSR count). The molecule has 0 unspecified atom stereocenters. The zero-order valence-corrected chi connectivity index (χ0v) is 12.1. The number of nitrogens with two attached hydrogens (primary N) is 1. The largest absolute Gasteiger partial charge is 0.399 e. The standard InChI is InChI=1S/C17H14N4O2/c18-13-5-1-12(2-6-13)17(23)21-14-7-3-11(4-8-14)15-9-20-16(22)10-19-15/h1-10H,18H2,(H,20,22)(H,21,23). The first-order chi connectivity index (χ1) is 11.1. The van der Waals surface area contributed by atoms with Crippen LogP contribution in [0, 0.1) is 0 Å². The maximum Gasteiger partial charge on any atom is 0.266 e. The van der Waals surface area contributed by atoms with Crippen molar-refractivity contribution in [2.45, 2.75) is 0 Å². The Kier molecular flexibility index (Phi) is 3.88. The van der Waals surface area contributed by atoms with Gasteiger partial charge in [-0.2, -0.15) is 0 Å². The minimum atomic E-state index is -0.249. The van der Waals surface area contributed by atoms with Crippen LogP contribution in [0.4, 0.5) is 11.4 Å². The van der Waals surface area contributed by atoms with Crippen LogP contribution in [0.25, 0.3) is 11.3 Å². The Morgan fingerprint density at radius 2 is 1.74 bits per heavy atom. The van der Waals surface area contributed by atoms with Gasteiger partial charge < -0.3 is 16.0 Å². The van der Waals surface area contributed by atoms with Gasteiger partial charge in [-0.1, -0.05) is 12.1 Å². The molecule has 0 aliphatic rings. The van der Waals surface area contributed by atoms with Crippen LogP contribution in [-0.2, 0) is 0 Å². The highest BCUT2D eigenvalue weighted by Gasteiger charge is 2.06. The van der Waals surface area contributed by atoms with E-state index in [0.717, 1.165) is 5.56 Å². The van der Waals surface area contributed by atoms with Crippen molar-refractivity contribution in [1.29, 1.82) is 0 Å². The molecule has 1 amide bonds. The summed E-state index contributed by atoms with van der Waals surface area (Å²) < 4.78 is 0. The van der Waals surface area contributed by atoms with Crippen LogP contribution in [0.3, 0.4) is 0 Å². The van der Waals surface area contributed by atoms with Crippen LogP contribution in [0.2, 0.25) is 0 Å². The zero-order chi connectivity index (χ0) is 16.2. The molecule has 114 valence electrons. The Morgan fingerprint density at radius 1 is 1.04 bits per heavy atom. The summed E-state index contributed by atoms with van der Waals surface area (Å²) in [4.78, 5) is 29.7. The highest BCUT2D eigenvalue weighted by molar-refractivity contribution is 6.04. The Bertz CT molecular complexity index is 863. The van der Waals surface area contributed by atoms with E-state index >= 15 is 0 Å². The van der Waals surface area contributed by atoms with Gasteiger partial charge >= 0.3 is 0 Å². The van der Waals surface area contributed by atoms with Crippen molar-refractivity contribution in [3.8, 4) is 11.3 Å². The van der Waals surface area contributed by atoms with Gasteiger partial charge in [0.1, 0.15) is 0 Å². The molecule has 23 heavy (non-hydrogen) atoms. The fourth-order valence-electron chi connectivity index (χ4n) is 2.06. The maximum absolute atomic E-state index is 12.1. The second-order valence-corrected chi connectivity index (χ2v) is 4.95. The van der Waals surface area contributed by atoms with Gasteiger partial charge in [-0.15, -0.1) is 0 Å². The monoisotopic (exact) mass is 306 g/mol. The quantitative estimate of drug-likeness (QED) is 0.646. The van der Waals surface area contributed by atoms with Gasteiger partial charge in [0, 0.05) is 28.7 Å². The highest BCUT2D eigenvalue weighted by atomic mass is 16.1. The third-order valence-corrected chi connectivity index (χ3v) is 3.28. The number of nitrogens with zero attached hydrogens (tertiary/aromatic N) is 1. The van der Waals surface area contributed by atoms with Crippen LogP contribution in [0.5, 0.6) is 0 Å². The van der Waals surface area contributed by atoms with E-state index in [9.17, 15) is 9.59 Å². The molecule has 1 heterocycles. The van der Waals surface area contributed by atoms with Crippen molar-refractivity contribution in [1.82, 2.24) is 9.97 Å². The van der Waals surface area contributed by atoms with E-state index in [4.69, 9.17) is 5.73 Å². The van der Waals surface area contributed by atoms with Gasteiger partial charge in [0.2, 0.25) is 0 Å². The molecule has 0 spiro atoms. The average Bonchev–Trinajstić information content (AvgIpc) is 2.57. The molecule has 0 bridgehead atoms. The van der Waals surface area contributed by atoms with Gasteiger partial charge in [-0.3, -0.25) is 9.59 Å². The van der Waals surface area contributed by atoms with Gasteiger partial charge in [-0.25, -0.2) is 4.98 Å². The number of H-pyrrole nitrogens is 1. The molecular weight excluding hydrogens is 292 g/mol. The van der Waals surface area contributed by atoms with Crippen molar-refractivity contribution in [2.75, 3.05) is 11.1 Å². The minimum Gasteiger partial charge on any atom is -0.399 e. The first kappa shape index (κ1) is 14.5. The number of carbonyl (C=O) groups is 1. The Hall–Kier alpha value is -3.41. The van der Waals surface area contributed by atoms with E-state index in [1.165, 1.54) is 6.20 Å². The Balaban J connectivity index is 1.74. The number of nitrogen functional groups attached to an aromatic ring is 1. The molecular formula is C17H14N4O2. The number of hydrogen-bond donors (Lipinski definition) is 3. The van der Waals surface area contributed by atoms with E-state index in [-0.39, 0.29) is 11.5 Å². The van der Waals surface area contributed by atoms with Crippen molar-refractivity contribution < 1.29 is 4.79 Å². The Labute approximate surface area is 132 Å². The predicted molar refractivity (Wildman–Crippen MR) is 89.1 cm³/mol. The summed E-state index contributed by atoms with van der Waals surface area (Å²) in [7, 11) is 0. The minimum absolute atomic E-state index is 0.208. The molecule has 0 saturated carbocycles. The number of aromatic nitrogens is 2. The fourth-order valence-corrected chi connectivity index (χ4v) is 2.06. The van der Waals surface area contributed by atoms with Crippen molar-refractivity contribution in [2.24, 2.45) is 0 Å². The molecule has 0 aliphatic heterocycles. The van der Waals surface area contributed by atoms with E-state index in [1.54, 1.807) is 42.6 Å². The molecule has 2 aromatic carbocycles. The summed E-state index contributed by atoms with van der Waals surface area (Å²) >= 11 is 0. The van der Waals surface area contributed by atoms with Gasteiger partial charge in [0.15, 0.2) is 0 Å². The number of carbonyl (C=O) groups excluding carboxylic acids is 1. The Morgan fingerprint density at radius 3 is 2.35 bits per heavy atom. The van der Waals surface area contributed by atoms with Gasteiger partial charge in [-0.05, 0) is 36.4 Å². The third-order valence-electron chi connectivity index (χ3n) is 3.28. The second-order valence-electron chi connectivity index (χ2n) is 4.95. The number of rotatable bonds is 3. The second kappa shape index (κ2) is 6.15. The number of hydrogen-bond acceptors (Lipinski definition) is 4.